The van der Waals surface area contributed by atoms with Crippen LogP contribution >= 0.6 is 0 Å². The van der Waals surface area contributed by atoms with Crippen molar-refractivity contribution in [2.24, 2.45) is 0 Å². The summed E-state index contributed by atoms with van der Waals surface area (Å²) in [6.45, 7) is 3.16. The van der Waals surface area contributed by atoms with E-state index in [9.17, 15) is 13.2 Å². The van der Waals surface area contributed by atoms with Crippen LogP contribution in [-0.4, -0.2) is 51.2 Å². The van der Waals surface area contributed by atoms with E-state index in [4.69, 9.17) is 0 Å². The van der Waals surface area contributed by atoms with Crippen molar-refractivity contribution in [3.8, 4) is 0 Å². The van der Waals surface area contributed by atoms with Crippen LogP contribution in [0.5, 0.6) is 0 Å². The molecule has 136 valence electrons. The number of benzene rings is 1. The van der Waals surface area contributed by atoms with Crippen molar-refractivity contribution in [3.63, 3.8) is 0 Å². The number of halogens is 3. The minimum Gasteiger partial charge on any atom is -0.299 e. The van der Waals surface area contributed by atoms with Crippen molar-refractivity contribution in [2.75, 3.05) is 20.1 Å². The van der Waals surface area contributed by atoms with Gasteiger partial charge in [-0.25, -0.2) is 4.98 Å². The van der Waals surface area contributed by atoms with E-state index in [1.165, 1.54) is 18.5 Å². The first-order chi connectivity index (χ1) is 11.9. The van der Waals surface area contributed by atoms with Gasteiger partial charge in [-0.2, -0.15) is 18.3 Å². The second-order valence-electron chi connectivity index (χ2n) is 6.55. The van der Waals surface area contributed by atoms with Gasteiger partial charge in [-0.3, -0.25) is 14.9 Å². The van der Waals surface area contributed by atoms with E-state index in [1.807, 2.05) is 7.05 Å². The van der Waals surface area contributed by atoms with Gasteiger partial charge in [0.2, 0.25) is 0 Å². The van der Waals surface area contributed by atoms with Crippen molar-refractivity contribution in [1.29, 1.82) is 0 Å². The number of nitrogens with one attached hydrogen (secondary N) is 1. The molecule has 5 nitrogen and oxygen atoms in total. The van der Waals surface area contributed by atoms with Crippen LogP contribution in [0.1, 0.15) is 29.8 Å². The second-order valence-corrected chi connectivity index (χ2v) is 6.55. The summed E-state index contributed by atoms with van der Waals surface area (Å²) < 4.78 is 38.5. The lowest BCUT2D eigenvalue weighted by molar-refractivity contribution is -0.137. The van der Waals surface area contributed by atoms with E-state index in [1.54, 1.807) is 6.07 Å². The lowest BCUT2D eigenvalue weighted by Gasteiger charge is -2.36. The molecule has 0 saturated carbocycles. The Morgan fingerprint density at radius 2 is 2.04 bits per heavy atom. The summed E-state index contributed by atoms with van der Waals surface area (Å²) in [5.41, 5.74) is 0.113. The van der Waals surface area contributed by atoms with Crippen molar-refractivity contribution in [2.45, 2.75) is 38.1 Å². The molecule has 1 fully saturated rings. The Balaban J connectivity index is 1.52. The predicted molar refractivity (Wildman–Crippen MR) is 87.6 cm³/mol. The van der Waals surface area contributed by atoms with Crippen LogP contribution in [0.25, 0.3) is 0 Å². The third kappa shape index (κ3) is 4.79. The van der Waals surface area contributed by atoms with Crippen LogP contribution in [0.15, 0.2) is 30.6 Å². The summed E-state index contributed by atoms with van der Waals surface area (Å²) in [5.74, 6) is 0.857. The van der Waals surface area contributed by atoms with Gasteiger partial charge in [0.1, 0.15) is 12.2 Å². The Morgan fingerprint density at radius 1 is 1.28 bits per heavy atom. The number of hydrogen-bond acceptors (Lipinski definition) is 4. The molecule has 2 aromatic rings. The highest BCUT2D eigenvalue weighted by atomic mass is 19.4. The molecule has 0 bridgehead atoms. The van der Waals surface area contributed by atoms with Crippen LogP contribution in [0.2, 0.25) is 0 Å². The fourth-order valence-corrected chi connectivity index (χ4v) is 3.30. The first-order valence-corrected chi connectivity index (χ1v) is 8.35. The van der Waals surface area contributed by atoms with Crippen molar-refractivity contribution in [1.82, 2.24) is 25.0 Å². The number of piperidine rings is 1. The SMILES string of the molecule is CN(Cc1cccc(C(F)(F)F)c1)C1CCN(Cc2ncn[nH]2)CC1. The number of alkyl halides is 3. The first-order valence-electron chi connectivity index (χ1n) is 8.35. The smallest absolute Gasteiger partial charge is 0.299 e. The molecular formula is C17H22F3N5. The molecule has 8 heteroatoms. The quantitative estimate of drug-likeness (QED) is 0.898. The highest BCUT2D eigenvalue weighted by Crippen LogP contribution is 2.30. The Labute approximate surface area is 144 Å². The lowest BCUT2D eigenvalue weighted by Crippen LogP contribution is -2.42. The van der Waals surface area contributed by atoms with Crippen LogP contribution in [0, 0.1) is 0 Å². The second kappa shape index (κ2) is 7.53. The fourth-order valence-electron chi connectivity index (χ4n) is 3.30. The normalized spacial score (nSPS) is 17.3. The standard InChI is InChI=1S/C17H22F3N5/c1-24(10-13-3-2-4-14(9-13)17(18,19)20)15-5-7-25(8-6-15)11-16-21-12-22-23-16/h2-4,9,12,15H,5-8,10-11H2,1H3,(H,21,22,23). The zero-order valence-electron chi connectivity index (χ0n) is 14.1. The number of aromatic nitrogens is 3. The van der Waals surface area contributed by atoms with Crippen LogP contribution in [-0.2, 0) is 19.3 Å². The molecule has 0 unspecified atom stereocenters. The molecule has 1 saturated heterocycles. The van der Waals surface area contributed by atoms with Gasteiger partial charge in [0, 0.05) is 25.7 Å². The first kappa shape index (κ1) is 17.9. The summed E-state index contributed by atoms with van der Waals surface area (Å²) in [6.07, 6.45) is -0.807. The lowest BCUT2D eigenvalue weighted by atomic mass is 10.0. The van der Waals surface area contributed by atoms with E-state index in [-0.39, 0.29) is 0 Å². The predicted octanol–water partition coefficient (Wildman–Crippen LogP) is 2.92. The van der Waals surface area contributed by atoms with Gasteiger partial charge in [0.15, 0.2) is 0 Å². The zero-order valence-corrected chi connectivity index (χ0v) is 14.1. The molecule has 0 spiro atoms. The number of rotatable bonds is 5. The molecule has 2 heterocycles. The molecule has 1 N–H and O–H groups in total. The largest absolute Gasteiger partial charge is 0.416 e. The molecule has 3 rings (SSSR count). The topological polar surface area (TPSA) is 48.1 Å². The molecular weight excluding hydrogens is 331 g/mol. The number of aromatic amines is 1. The number of H-pyrrole nitrogens is 1. The average molecular weight is 353 g/mol. The van der Waals surface area contributed by atoms with Gasteiger partial charge < -0.3 is 0 Å². The van der Waals surface area contributed by atoms with Crippen LogP contribution in [0.3, 0.4) is 0 Å². The third-order valence-electron chi connectivity index (χ3n) is 4.71. The summed E-state index contributed by atoms with van der Waals surface area (Å²) in [5, 5.41) is 6.71. The fraction of sp³-hybridized carbons (Fsp3) is 0.529. The van der Waals surface area contributed by atoms with Crippen molar-refractivity contribution >= 4 is 0 Å². The van der Waals surface area contributed by atoms with Gasteiger partial charge in [0.25, 0.3) is 0 Å². The van der Waals surface area contributed by atoms with Gasteiger partial charge >= 0.3 is 6.18 Å². The van der Waals surface area contributed by atoms with Crippen molar-refractivity contribution < 1.29 is 13.2 Å². The monoisotopic (exact) mass is 353 g/mol. The van der Waals surface area contributed by atoms with E-state index in [0.717, 1.165) is 44.4 Å². The number of hydrogen-bond donors (Lipinski definition) is 1. The van der Waals surface area contributed by atoms with E-state index >= 15 is 0 Å². The maximum atomic E-state index is 12.8. The summed E-state index contributed by atoms with van der Waals surface area (Å²) in [7, 11) is 1.98. The van der Waals surface area contributed by atoms with Crippen molar-refractivity contribution in [3.05, 3.63) is 47.5 Å². The van der Waals surface area contributed by atoms with Gasteiger partial charge in [-0.1, -0.05) is 18.2 Å². The summed E-state index contributed by atoms with van der Waals surface area (Å²) in [4.78, 5) is 8.61. The van der Waals surface area contributed by atoms with Gasteiger partial charge in [-0.05, 0) is 31.5 Å². The Hall–Kier alpha value is -1.93. The Morgan fingerprint density at radius 3 is 2.68 bits per heavy atom. The summed E-state index contributed by atoms with van der Waals surface area (Å²) in [6, 6.07) is 5.97. The molecule has 1 aliphatic heterocycles. The molecule has 0 amide bonds. The average Bonchev–Trinajstić information content (AvgIpc) is 3.08. The molecule has 25 heavy (non-hydrogen) atoms. The molecule has 1 aromatic heterocycles. The Bertz CT molecular complexity index is 663. The van der Waals surface area contributed by atoms with E-state index < -0.39 is 11.7 Å². The minimum atomic E-state index is -4.29. The molecule has 0 atom stereocenters. The van der Waals surface area contributed by atoms with E-state index in [2.05, 4.69) is 25.0 Å². The van der Waals surface area contributed by atoms with Gasteiger partial charge in [-0.15, -0.1) is 0 Å². The highest BCUT2D eigenvalue weighted by Gasteiger charge is 2.30. The molecule has 0 radical (unpaired) electrons. The maximum absolute atomic E-state index is 12.8. The summed E-state index contributed by atoms with van der Waals surface area (Å²) >= 11 is 0. The van der Waals surface area contributed by atoms with Gasteiger partial charge in [0.05, 0.1) is 12.1 Å². The highest BCUT2D eigenvalue weighted by molar-refractivity contribution is 5.25. The zero-order chi connectivity index (χ0) is 17.9. The van der Waals surface area contributed by atoms with Crippen LogP contribution in [0.4, 0.5) is 13.2 Å². The maximum Gasteiger partial charge on any atom is 0.416 e. The number of likely N-dealkylation sites (tertiary alicyclic amines) is 1. The Kier molecular flexibility index (Phi) is 5.39. The molecule has 1 aromatic carbocycles. The van der Waals surface area contributed by atoms with E-state index in [0.29, 0.717) is 18.2 Å². The molecule has 0 aliphatic carbocycles. The molecule has 1 aliphatic rings. The number of nitrogens with zero attached hydrogens (tertiary/aromatic N) is 4. The van der Waals surface area contributed by atoms with Crippen LogP contribution < -0.4 is 0 Å². The third-order valence-corrected chi connectivity index (χ3v) is 4.71. The minimum absolute atomic E-state index is 0.375.